The van der Waals surface area contributed by atoms with Crippen LogP contribution in [-0.2, 0) is 13.0 Å². The molecule has 1 fully saturated rings. The van der Waals surface area contributed by atoms with Crippen LogP contribution in [0.15, 0.2) is 53.5 Å². The predicted octanol–water partition coefficient (Wildman–Crippen LogP) is 3.28. The Morgan fingerprint density at radius 1 is 1.16 bits per heavy atom. The first-order valence-corrected chi connectivity index (χ1v) is 11.0. The van der Waals surface area contributed by atoms with Crippen molar-refractivity contribution in [2.45, 2.75) is 19.4 Å². The monoisotopic (exact) mass is 424 g/mol. The molecule has 1 atom stereocenters. The number of likely N-dealkylation sites (tertiary alicyclic amines) is 1. The fraction of sp³-hybridized carbons (Fsp3) is 0.480. The van der Waals surface area contributed by atoms with Crippen LogP contribution < -0.4 is 14.8 Å². The van der Waals surface area contributed by atoms with E-state index in [1.54, 1.807) is 14.2 Å². The number of aliphatic imine (C=N–C) groups is 1. The molecule has 31 heavy (non-hydrogen) atoms. The summed E-state index contributed by atoms with van der Waals surface area (Å²) in [5, 5.41) is 3.57. The summed E-state index contributed by atoms with van der Waals surface area (Å²) in [5.74, 6) is 3.17. The van der Waals surface area contributed by atoms with Gasteiger partial charge >= 0.3 is 0 Å². The minimum Gasteiger partial charge on any atom is -0.497 e. The van der Waals surface area contributed by atoms with E-state index >= 15 is 0 Å². The van der Waals surface area contributed by atoms with Gasteiger partial charge in [-0.3, -0.25) is 4.99 Å². The first kappa shape index (κ1) is 22.9. The van der Waals surface area contributed by atoms with Crippen LogP contribution in [0.1, 0.15) is 17.5 Å². The Kier molecular flexibility index (Phi) is 8.59. The lowest BCUT2D eigenvalue weighted by atomic mass is 10.1. The van der Waals surface area contributed by atoms with Crippen molar-refractivity contribution in [2.24, 2.45) is 10.9 Å². The smallest absolute Gasteiger partial charge is 0.193 e. The van der Waals surface area contributed by atoms with Crippen molar-refractivity contribution >= 4 is 5.96 Å². The Balaban J connectivity index is 1.46. The predicted molar refractivity (Wildman–Crippen MR) is 127 cm³/mol. The van der Waals surface area contributed by atoms with E-state index in [0.29, 0.717) is 12.5 Å². The number of ether oxygens (including phenoxy) is 2. The Hall–Kier alpha value is -2.73. The molecular weight excluding hydrogens is 388 g/mol. The number of nitrogens with zero attached hydrogens (tertiary/aromatic N) is 3. The van der Waals surface area contributed by atoms with E-state index in [4.69, 9.17) is 9.47 Å². The second-order valence-corrected chi connectivity index (χ2v) is 8.15. The van der Waals surface area contributed by atoms with Crippen molar-refractivity contribution in [3.8, 4) is 11.5 Å². The number of benzene rings is 2. The topological polar surface area (TPSA) is 49.3 Å². The maximum absolute atomic E-state index is 5.54. The van der Waals surface area contributed by atoms with Gasteiger partial charge in [-0.05, 0) is 43.0 Å². The lowest BCUT2D eigenvalue weighted by Gasteiger charge is -2.24. The summed E-state index contributed by atoms with van der Waals surface area (Å²) in [7, 11) is 7.25. The van der Waals surface area contributed by atoms with Gasteiger partial charge in [0.05, 0.1) is 14.2 Å². The van der Waals surface area contributed by atoms with E-state index in [1.165, 1.54) is 18.5 Å². The van der Waals surface area contributed by atoms with E-state index in [9.17, 15) is 0 Å². The number of rotatable bonds is 9. The molecular formula is C25H36N4O2. The van der Waals surface area contributed by atoms with Crippen molar-refractivity contribution < 1.29 is 9.47 Å². The van der Waals surface area contributed by atoms with Gasteiger partial charge in [-0.1, -0.05) is 30.3 Å². The first-order valence-electron chi connectivity index (χ1n) is 11.0. The highest BCUT2D eigenvalue weighted by Gasteiger charge is 2.22. The number of methoxy groups -OCH3 is 2. The van der Waals surface area contributed by atoms with Crippen LogP contribution in [0, 0.1) is 5.92 Å². The molecule has 6 heteroatoms. The maximum atomic E-state index is 5.54. The third kappa shape index (κ3) is 6.62. The highest BCUT2D eigenvalue weighted by atomic mass is 16.5. The van der Waals surface area contributed by atoms with E-state index in [0.717, 1.165) is 49.1 Å². The van der Waals surface area contributed by atoms with E-state index in [2.05, 4.69) is 57.5 Å². The molecule has 1 saturated heterocycles. The molecule has 3 rings (SSSR count). The molecule has 0 saturated carbocycles. The maximum Gasteiger partial charge on any atom is 0.193 e. The molecule has 1 heterocycles. The quantitative estimate of drug-likeness (QED) is 0.495. The summed E-state index contributed by atoms with van der Waals surface area (Å²) in [6.07, 6.45) is 2.35. The van der Waals surface area contributed by atoms with Crippen molar-refractivity contribution in [1.82, 2.24) is 15.1 Å². The molecule has 0 amide bonds. The minimum atomic E-state index is 0.649. The fourth-order valence-corrected chi connectivity index (χ4v) is 4.15. The van der Waals surface area contributed by atoms with Gasteiger partial charge in [-0.25, -0.2) is 0 Å². The van der Waals surface area contributed by atoms with Crippen LogP contribution in [0.2, 0.25) is 0 Å². The number of guanidine groups is 1. The largest absolute Gasteiger partial charge is 0.497 e. The number of hydrogen-bond acceptors (Lipinski definition) is 4. The molecule has 2 aromatic rings. The van der Waals surface area contributed by atoms with Gasteiger partial charge in [-0.2, -0.15) is 0 Å². The molecule has 168 valence electrons. The van der Waals surface area contributed by atoms with Crippen LogP contribution in [0.3, 0.4) is 0 Å². The molecule has 0 aliphatic carbocycles. The average molecular weight is 425 g/mol. The van der Waals surface area contributed by atoms with Crippen molar-refractivity contribution in [1.29, 1.82) is 0 Å². The Morgan fingerprint density at radius 3 is 2.68 bits per heavy atom. The van der Waals surface area contributed by atoms with Gasteiger partial charge < -0.3 is 24.6 Å². The van der Waals surface area contributed by atoms with Gasteiger partial charge in [0.1, 0.15) is 11.5 Å². The van der Waals surface area contributed by atoms with Gasteiger partial charge in [0.2, 0.25) is 0 Å². The molecule has 1 unspecified atom stereocenters. The fourth-order valence-electron chi connectivity index (χ4n) is 4.15. The number of nitrogens with one attached hydrogen (secondary N) is 1. The second-order valence-electron chi connectivity index (χ2n) is 8.15. The summed E-state index contributed by atoms with van der Waals surface area (Å²) >= 11 is 0. The molecule has 0 spiro atoms. The normalized spacial score (nSPS) is 16.9. The lowest BCUT2D eigenvalue weighted by Crippen LogP contribution is -2.41. The minimum absolute atomic E-state index is 0.649. The first-order chi connectivity index (χ1) is 15.1. The molecule has 6 nitrogen and oxygen atoms in total. The summed E-state index contributed by atoms with van der Waals surface area (Å²) in [4.78, 5) is 9.19. The highest BCUT2D eigenvalue weighted by molar-refractivity contribution is 5.79. The van der Waals surface area contributed by atoms with Crippen LogP contribution in [0.5, 0.6) is 11.5 Å². The van der Waals surface area contributed by atoms with E-state index < -0.39 is 0 Å². The summed E-state index contributed by atoms with van der Waals surface area (Å²) in [6, 6.07) is 16.7. The van der Waals surface area contributed by atoms with Gasteiger partial charge in [0.15, 0.2) is 5.96 Å². The summed E-state index contributed by atoms with van der Waals surface area (Å²) in [6.45, 7) is 5.11. The van der Waals surface area contributed by atoms with Crippen molar-refractivity contribution in [3.63, 3.8) is 0 Å². The van der Waals surface area contributed by atoms with Crippen LogP contribution >= 0.6 is 0 Å². The second kappa shape index (κ2) is 11.6. The lowest BCUT2D eigenvalue weighted by molar-refractivity contribution is 0.327. The highest BCUT2D eigenvalue weighted by Crippen LogP contribution is 2.25. The molecule has 0 aromatic heterocycles. The van der Waals surface area contributed by atoms with Crippen LogP contribution in [0.4, 0.5) is 0 Å². The van der Waals surface area contributed by atoms with Gasteiger partial charge in [0.25, 0.3) is 0 Å². The third-order valence-electron chi connectivity index (χ3n) is 5.95. The van der Waals surface area contributed by atoms with Gasteiger partial charge in [0, 0.05) is 51.9 Å². The summed E-state index contributed by atoms with van der Waals surface area (Å²) < 4.78 is 10.8. The number of hydrogen-bond donors (Lipinski definition) is 1. The third-order valence-corrected chi connectivity index (χ3v) is 5.95. The van der Waals surface area contributed by atoms with Crippen LogP contribution in [-0.4, -0.2) is 70.3 Å². The zero-order chi connectivity index (χ0) is 22.1. The molecule has 1 N–H and O–H groups in total. The van der Waals surface area contributed by atoms with Gasteiger partial charge in [-0.15, -0.1) is 0 Å². The molecule has 2 aromatic carbocycles. The molecule has 0 bridgehead atoms. The van der Waals surface area contributed by atoms with E-state index in [-0.39, 0.29) is 0 Å². The SMILES string of the molecule is CN=C(NCC1CCN(CCc2ccccc2)C1)N(C)Cc1ccc(OC)cc1OC. The summed E-state index contributed by atoms with van der Waals surface area (Å²) in [5.41, 5.74) is 2.52. The Bertz CT molecular complexity index is 841. The Labute approximate surface area is 186 Å². The zero-order valence-electron chi connectivity index (χ0n) is 19.3. The standard InChI is InChI=1S/C25H36N4O2/c1-26-25(28(2)19-22-10-11-23(30-3)16-24(22)31-4)27-17-21-13-15-29(18-21)14-12-20-8-6-5-7-9-20/h5-11,16,21H,12-15,17-19H2,1-4H3,(H,26,27). The van der Waals surface area contributed by atoms with Crippen molar-refractivity contribution in [3.05, 3.63) is 59.7 Å². The molecule has 1 aliphatic rings. The molecule has 1 aliphatic heterocycles. The molecule has 0 radical (unpaired) electrons. The van der Waals surface area contributed by atoms with Crippen molar-refractivity contribution in [2.75, 3.05) is 54.5 Å². The zero-order valence-corrected chi connectivity index (χ0v) is 19.3. The average Bonchev–Trinajstić information content (AvgIpc) is 3.27. The Morgan fingerprint density at radius 2 is 1.97 bits per heavy atom. The van der Waals surface area contributed by atoms with Crippen LogP contribution in [0.25, 0.3) is 0 Å². The van der Waals surface area contributed by atoms with E-state index in [1.807, 2.05) is 25.2 Å².